The number of ether oxygens (including phenoxy) is 1. The Hall–Kier alpha value is -3.41. The first-order valence-corrected chi connectivity index (χ1v) is 8.64. The number of carbonyl (C=O) groups is 1. The molecule has 0 atom stereocenters. The minimum atomic E-state index is -0.377. The van der Waals surface area contributed by atoms with Gasteiger partial charge in [-0.05, 0) is 37.6 Å². The lowest BCUT2D eigenvalue weighted by Crippen LogP contribution is -2.06. The van der Waals surface area contributed by atoms with Crippen LogP contribution >= 0.6 is 0 Å². The predicted molar refractivity (Wildman–Crippen MR) is 106 cm³/mol. The van der Waals surface area contributed by atoms with Gasteiger partial charge < -0.3 is 15.4 Å². The summed E-state index contributed by atoms with van der Waals surface area (Å²) in [6.07, 6.45) is 0. The molecule has 0 radical (unpaired) electrons. The van der Waals surface area contributed by atoms with Crippen molar-refractivity contribution >= 4 is 23.3 Å². The molecule has 0 aliphatic rings. The van der Waals surface area contributed by atoms with Gasteiger partial charge >= 0.3 is 5.97 Å². The zero-order valence-corrected chi connectivity index (χ0v) is 15.6. The first-order valence-electron chi connectivity index (χ1n) is 8.64. The third-order valence-electron chi connectivity index (χ3n) is 3.99. The summed E-state index contributed by atoms with van der Waals surface area (Å²) in [5.74, 6) is 1.65. The van der Waals surface area contributed by atoms with E-state index in [9.17, 15) is 4.79 Å². The fraction of sp³-hybridized carbons (Fsp3) is 0.190. The number of benzene rings is 2. The Balaban J connectivity index is 1.73. The zero-order valence-electron chi connectivity index (χ0n) is 15.6. The minimum Gasteiger partial charge on any atom is -0.465 e. The number of nitrogens with zero attached hydrogens (tertiary/aromatic N) is 2. The first-order chi connectivity index (χ1) is 13.0. The molecule has 27 heavy (non-hydrogen) atoms. The van der Waals surface area contributed by atoms with Crippen molar-refractivity contribution in [1.82, 2.24) is 9.97 Å². The van der Waals surface area contributed by atoms with E-state index in [1.807, 2.05) is 19.1 Å². The van der Waals surface area contributed by atoms with E-state index in [1.54, 1.807) is 18.2 Å². The van der Waals surface area contributed by atoms with Crippen molar-refractivity contribution < 1.29 is 9.53 Å². The molecule has 3 rings (SSSR count). The van der Waals surface area contributed by atoms with Crippen molar-refractivity contribution in [2.24, 2.45) is 0 Å². The van der Waals surface area contributed by atoms with Crippen LogP contribution in [0.15, 0.2) is 54.6 Å². The van der Waals surface area contributed by atoms with E-state index in [1.165, 1.54) is 18.2 Å². The molecule has 1 aromatic heterocycles. The highest BCUT2D eigenvalue weighted by molar-refractivity contribution is 5.90. The summed E-state index contributed by atoms with van der Waals surface area (Å²) in [7, 11) is 1.36. The van der Waals surface area contributed by atoms with Gasteiger partial charge in [0.15, 0.2) is 0 Å². The third-order valence-corrected chi connectivity index (χ3v) is 3.99. The van der Waals surface area contributed by atoms with E-state index in [0.717, 1.165) is 11.5 Å². The number of hydrogen-bond donors (Lipinski definition) is 2. The standard InChI is InChI=1S/C21H22N4O2/c1-14-7-9-16(10-8-14)13-22-19-12-20(24-15(2)23-19)25-18-6-4-5-17(11-18)21(26)27-3/h4-12H,13H2,1-3H3,(H2,22,23,24,25). The molecular weight excluding hydrogens is 340 g/mol. The van der Waals surface area contributed by atoms with Crippen molar-refractivity contribution in [2.45, 2.75) is 20.4 Å². The molecule has 0 unspecified atom stereocenters. The number of esters is 1. The van der Waals surface area contributed by atoms with Gasteiger partial charge in [0, 0.05) is 18.3 Å². The topological polar surface area (TPSA) is 76.1 Å². The minimum absolute atomic E-state index is 0.377. The molecule has 0 saturated heterocycles. The van der Waals surface area contributed by atoms with Crippen LogP contribution in [-0.2, 0) is 11.3 Å². The van der Waals surface area contributed by atoms with E-state index in [0.29, 0.717) is 23.8 Å². The Morgan fingerprint density at radius 3 is 2.48 bits per heavy atom. The highest BCUT2D eigenvalue weighted by atomic mass is 16.5. The van der Waals surface area contributed by atoms with Crippen molar-refractivity contribution in [2.75, 3.05) is 17.7 Å². The Morgan fingerprint density at radius 2 is 1.74 bits per heavy atom. The number of aryl methyl sites for hydroxylation is 2. The van der Waals surface area contributed by atoms with Crippen molar-refractivity contribution in [3.8, 4) is 0 Å². The fourth-order valence-corrected chi connectivity index (χ4v) is 2.61. The number of carbonyl (C=O) groups excluding carboxylic acids is 1. The Kier molecular flexibility index (Phi) is 5.66. The quantitative estimate of drug-likeness (QED) is 0.639. The van der Waals surface area contributed by atoms with Gasteiger partial charge in [0.25, 0.3) is 0 Å². The van der Waals surface area contributed by atoms with Gasteiger partial charge in [0.1, 0.15) is 17.5 Å². The number of methoxy groups -OCH3 is 1. The molecule has 2 aromatic carbocycles. The Morgan fingerprint density at radius 1 is 1.00 bits per heavy atom. The van der Waals surface area contributed by atoms with Gasteiger partial charge in [-0.15, -0.1) is 0 Å². The SMILES string of the molecule is COC(=O)c1cccc(Nc2cc(NCc3ccc(C)cc3)nc(C)n2)c1. The summed E-state index contributed by atoms with van der Waals surface area (Å²) >= 11 is 0. The van der Waals surface area contributed by atoms with Crippen LogP contribution < -0.4 is 10.6 Å². The lowest BCUT2D eigenvalue weighted by atomic mass is 10.1. The van der Waals surface area contributed by atoms with Crippen LogP contribution in [0.2, 0.25) is 0 Å². The molecule has 138 valence electrons. The Bertz CT molecular complexity index is 939. The zero-order chi connectivity index (χ0) is 19.2. The van der Waals surface area contributed by atoms with Crippen LogP contribution in [-0.4, -0.2) is 23.0 Å². The van der Waals surface area contributed by atoms with E-state index < -0.39 is 0 Å². The van der Waals surface area contributed by atoms with Gasteiger partial charge in [-0.2, -0.15) is 0 Å². The molecule has 0 spiro atoms. The number of aromatic nitrogens is 2. The summed E-state index contributed by atoms with van der Waals surface area (Å²) < 4.78 is 4.76. The van der Waals surface area contributed by atoms with Gasteiger partial charge in [0.2, 0.25) is 0 Å². The van der Waals surface area contributed by atoms with Crippen LogP contribution in [0.25, 0.3) is 0 Å². The molecular formula is C21H22N4O2. The maximum absolute atomic E-state index is 11.7. The van der Waals surface area contributed by atoms with E-state index >= 15 is 0 Å². The first kappa shape index (κ1) is 18.4. The van der Waals surface area contributed by atoms with E-state index in [4.69, 9.17) is 4.74 Å². The van der Waals surface area contributed by atoms with Gasteiger partial charge in [0.05, 0.1) is 12.7 Å². The smallest absolute Gasteiger partial charge is 0.337 e. The monoisotopic (exact) mass is 362 g/mol. The molecule has 3 aromatic rings. The van der Waals surface area contributed by atoms with Crippen molar-refractivity contribution in [1.29, 1.82) is 0 Å². The summed E-state index contributed by atoms with van der Waals surface area (Å²) in [6, 6.07) is 17.3. The Labute approximate surface area is 158 Å². The molecule has 6 heteroatoms. The summed E-state index contributed by atoms with van der Waals surface area (Å²) in [5, 5.41) is 6.53. The van der Waals surface area contributed by atoms with Crippen molar-refractivity contribution in [3.05, 3.63) is 77.1 Å². The molecule has 2 N–H and O–H groups in total. The average Bonchev–Trinajstić information content (AvgIpc) is 2.67. The van der Waals surface area contributed by atoms with Gasteiger partial charge in [-0.3, -0.25) is 0 Å². The summed E-state index contributed by atoms with van der Waals surface area (Å²) in [5.41, 5.74) is 3.64. The molecule has 0 saturated carbocycles. The molecule has 0 fully saturated rings. The van der Waals surface area contributed by atoms with E-state index in [-0.39, 0.29) is 5.97 Å². The predicted octanol–water partition coefficient (Wildman–Crippen LogP) is 4.24. The van der Waals surface area contributed by atoms with Gasteiger partial charge in [-0.25, -0.2) is 14.8 Å². The van der Waals surface area contributed by atoms with Crippen LogP contribution in [0.1, 0.15) is 27.3 Å². The van der Waals surface area contributed by atoms with E-state index in [2.05, 4.69) is 51.8 Å². The van der Waals surface area contributed by atoms with Gasteiger partial charge in [-0.1, -0.05) is 35.9 Å². The summed E-state index contributed by atoms with van der Waals surface area (Å²) in [4.78, 5) is 20.5. The highest BCUT2D eigenvalue weighted by Gasteiger charge is 2.07. The fourth-order valence-electron chi connectivity index (χ4n) is 2.61. The molecule has 0 aliphatic carbocycles. The lowest BCUT2D eigenvalue weighted by molar-refractivity contribution is 0.0601. The summed E-state index contributed by atoms with van der Waals surface area (Å²) in [6.45, 7) is 4.58. The number of nitrogens with one attached hydrogen (secondary N) is 2. The second-order valence-corrected chi connectivity index (χ2v) is 6.22. The normalized spacial score (nSPS) is 10.3. The highest BCUT2D eigenvalue weighted by Crippen LogP contribution is 2.19. The largest absolute Gasteiger partial charge is 0.465 e. The van der Waals surface area contributed by atoms with Crippen LogP contribution in [0.5, 0.6) is 0 Å². The molecule has 0 amide bonds. The molecule has 1 heterocycles. The maximum Gasteiger partial charge on any atom is 0.337 e. The van der Waals surface area contributed by atoms with Crippen LogP contribution in [0.4, 0.5) is 17.3 Å². The second-order valence-electron chi connectivity index (χ2n) is 6.22. The van der Waals surface area contributed by atoms with Crippen molar-refractivity contribution in [3.63, 3.8) is 0 Å². The molecule has 6 nitrogen and oxygen atoms in total. The number of rotatable bonds is 6. The third kappa shape index (κ3) is 5.04. The maximum atomic E-state index is 11.7. The van der Waals surface area contributed by atoms with Crippen LogP contribution in [0, 0.1) is 13.8 Å². The lowest BCUT2D eigenvalue weighted by Gasteiger charge is -2.11. The second kappa shape index (κ2) is 8.31. The average molecular weight is 362 g/mol. The number of anilines is 3. The molecule has 0 bridgehead atoms. The van der Waals surface area contributed by atoms with Crippen LogP contribution in [0.3, 0.4) is 0 Å². The number of hydrogen-bond acceptors (Lipinski definition) is 6. The molecule has 0 aliphatic heterocycles.